The molecule has 0 spiro atoms. The zero-order chi connectivity index (χ0) is 18.5. The molecule has 0 atom stereocenters. The molecule has 1 heterocycles. The predicted octanol–water partition coefficient (Wildman–Crippen LogP) is 4.14. The van der Waals surface area contributed by atoms with Crippen molar-refractivity contribution in [1.82, 2.24) is 5.16 Å². The molecule has 0 aliphatic heterocycles. The fourth-order valence-corrected chi connectivity index (χ4v) is 2.34. The first-order valence-electron chi connectivity index (χ1n) is 7.64. The molecule has 0 bridgehead atoms. The zero-order valence-corrected chi connectivity index (χ0v) is 14.5. The van der Waals surface area contributed by atoms with Crippen LogP contribution >= 0.6 is 11.6 Å². The number of hydrogen-bond acceptors (Lipinski definition) is 6. The lowest BCUT2D eigenvalue weighted by Gasteiger charge is -2.03. The number of carbonyl (C=O) groups excluding carboxylic acids is 2. The van der Waals surface area contributed by atoms with Gasteiger partial charge in [-0.2, -0.15) is 0 Å². The Balaban J connectivity index is 1.61. The molecule has 1 aromatic heterocycles. The highest BCUT2D eigenvalue weighted by Gasteiger charge is 2.12. The molecule has 26 heavy (non-hydrogen) atoms. The van der Waals surface area contributed by atoms with E-state index < -0.39 is 11.9 Å². The standard InChI is InChI=1S/C19H14ClNO5/c1-24-18(22)13-2-4-14(5-3-13)19(23)25-11-16-10-17(26-21-16)12-6-8-15(20)9-7-12/h2-10H,11H2,1H3. The van der Waals surface area contributed by atoms with Crippen LogP contribution in [0.5, 0.6) is 0 Å². The van der Waals surface area contributed by atoms with E-state index in [0.29, 0.717) is 27.6 Å². The second kappa shape index (κ2) is 7.84. The number of benzene rings is 2. The minimum atomic E-state index is -0.530. The molecular weight excluding hydrogens is 358 g/mol. The van der Waals surface area contributed by atoms with Crippen molar-refractivity contribution in [2.24, 2.45) is 0 Å². The first-order valence-corrected chi connectivity index (χ1v) is 8.01. The van der Waals surface area contributed by atoms with Crippen LogP contribution in [0.15, 0.2) is 59.1 Å². The lowest BCUT2D eigenvalue weighted by molar-refractivity contribution is 0.0463. The van der Waals surface area contributed by atoms with Crippen LogP contribution in [0, 0.1) is 0 Å². The maximum absolute atomic E-state index is 12.1. The number of esters is 2. The number of carbonyl (C=O) groups is 2. The Kier molecular flexibility index (Phi) is 5.34. The van der Waals surface area contributed by atoms with Gasteiger partial charge in [-0.25, -0.2) is 9.59 Å². The SMILES string of the molecule is COC(=O)c1ccc(C(=O)OCc2cc(-c3ccc(Cl)cc3)on2)cc1. The van der Waals surface area contributed by atoms with E-state index in [4.69, 9.17) is 20.9 Å². The van der Waals surface area contributed by atoms with Gasteiger partial charge in [0, 0.05) is 16.7 Å². The molecule has 3 rings (SSSR count). The van der Waals surface area contributed by atoms with Gasteiger partial charge in [0.2, 0.25) is 0 Å². The van der Waals surface area contributed by atoms with Gasteiger partial charge in [-0.3, -0.25) is 0 Å². The van der Waals surface area contributed by atoms with Crippen molar-refractivity contribution in [3.8, 4) is 11.3 Å². The molecule has 2 aromatic carbocycles. The van der Waals surface area contributed by atoms with Crippen LogP contribution in [0.4, 0.5) is 0 Å². The number of nitrogens with zero attached hydrogens (tertiary/aromatic N) is 1. The summed E-state index contributed by atoms with van der Waals surface area (Å²) in [4.78, 5) is 23.5. The van der Waals surface area contributed by atoms with E-state index in [9.17, 15) is 9.59 Å². The van der Waals surface area contributed by atoms with E-state index in [1.165, 1.54) is 31.4 Å². The molecule has 0 amide bonds. The number of ether oxygens (including phenoxy) is 2. The highest BCUT2D eigenvalue weighted by molar-refractivity contribution is 6.30. The summed E-state index contributed by atoms with van der Waals surface area (Å²) in [6, 6.07) is 14.8. The number of methoxy groups -OCH3 is 1. The summed E-state index contributed by atoms with van der Waals surface area (Å²) < 4.78 is 15.1. The van der Waals surface area contributed by atoms with Gasteiger partial charge in [-0.1, -0.05) is 16.8 Å². The van der Waals surface area contributed by atoms with Crippen molar-refractivity contribution in [3.63, 3.8) is 0 Å². The van der Waals surface area contributed by atoms with E-state index in [0.717, 1.165) is 5.56 Å². The minimum absolute atomic E-state index is 0.0331. The lowest BCUT2D eigenvalue weighted by Crippen LogP contribution is -2.07. The minimum Gasteiger partial charge on any atom is -0.465 e. The summed E-state index contributed by atoms with van der Waals surface area (Å²) in [5.41, 5.74) is 1.97. The van der Waals surface area contributed by atoms with Gasteiger partial charge in [0.25, 0.3) is 0 Å². The molecule has 0 fully saturated rings. The zero-order valence-electron chi connectivity index (χ0n) is 13.8. The van der Waals surface area contributed by atoms with Crippen LogP contribution in [0.3, 0.4) is 0 Å². The number of halogens is 1. The Morgan fingerprint density at radius 3 is 2.23 bits per heavy atom. The van der Waals surface area contributed by atoms with Crippen LogP contribution in [0.25, 0.3) is 11.3 Å². The van der Waals surface area contributed by atoms with Gasteiger partial charge in [-0.05, 0) is 48.5 Å². The molecule has 0 saturated carbocycles. The maximum Gasteiger partial charge on any atom is 0.338 e. The van der Waals surface area contributed by atoms with Crippen molar-refractivity contribution in [2.75, 3.05) is 7.11 Å². The molecule has 0 aliphatic rings. The largest absolute Gasteiger partial charge is 0.465 e. The molecule has 3 aromatic rings. The fraction of sp³-hybridized carbons (Fsp3) is 0.105. The second-order valence-electron chi connectivity index (χ2n) is 5.33. The monoisotopic (exact) mass is 371 g/mol. The molecular formula is C19H14ClNO5. The first kappa shape index (κ1) is 17.7. The first-order chi connectivity index (χ1) is 12.6. The highest BCUT2D eigenvalue weighted by Crippen LogP contribution is 2.22. The quantitative estimate of drug-likeness (QED) is 0.627. The van der Waals surface area contributed by atoms with Gasteiger partial charge >= 0.3 is 11.9 Å². The number of aromatic nitrogens is 1. The second-order valence-corrected chi connectivity index (χ2v) is 5.77. The third-order valence-corrected chi connectivity index (χ3v) is 3.83. The van der Waals surface area contributed by atoms with E-state index >= 15 is 0 Å². The van der Waals surface area contributed by atoms with Gasteiger partial charge in [0.1, 0.15) is 12.3 Å². The van der Waals surface area contributed by atoms with Crippen LogP contribution in [0.2, 0.25) is 5.02 Å². The average molecular weight is 372 g/mol. The molecule has 0 aliphatic carbocycles. The summed E-state index contributed by atoms with van der Waals surface area (Å²) in [6.45, 7) is -0.0331. The van der Waals surface area contributed by atoms with Crippen LogP contribution in [-0.4, -0.2) is 24.2 Å². The lowest BCUT2D eigenvalue weighted by atomic mass is 10.1. The molecule has 6 nitrogen and oxygen atoms in total. The van der Waals surface area contributed by atoms with Crippen LogP contribution < -0.4 is 0 Å². The fourth-order valence-electron chi connectivity index (χ4n) is 2.21. The summed E-state index contributed by atoms with van der Waals surface area (Å²) in [6.07, 6.45) is 0. The van der Waals surface area contributed by atoms with E-state index in [-0.39, 0.29) is 6.61 Å². The highest BCUT2D eigenvalue weighted by atomic mass is 35.5. The van der Waals surface area contributed by atoms with Crippen molar-refractivity contribution >= 4 is 23.5 Å². The molecule has 0 unspecified atom stereocenters. The maximum atomic E-state index is 12.1. The van der Waals surface area contributed by atoms with E-state index in [2.05, 4.69) is 9.89 Å². The van der Waals surface area contributed by atoms with Crippen molar-refractivity contribution < 1.29 is 23.6 Å². The van der Waals surface area contributed by atoms with Crippen molar-refractivity contribution in [1.29, 1.82) is 0 Å². The van der Waals surface area contributed by atoms with Crippen LogP contribution in [0.1, 0.15) is 26.4 Å². The van der Waals surface area contributed by atoms with Gasteiger partial charge in [0.15, 0.2) is 5.76 Å². The van der Waals surface area contributed by atoms with E-state index in [1.54, 1.807) is 18.2 Å². The average Bonchev–Trinajstić information content (AvgIpc) is 3.15. The van der Waals surface area contributed by atoms with Crippen molar-refractivity contribution in [3.05, 3.63) is 76.4 Å². The van der Waals surface area contributed by atoms with Crippen LogP contribution in [-0.2, 0) is 16.1 Å². The van der Waals surface area contributed by atoms with Crippen molar-refractivity contribution in [2.45, 2.75) is 6.61 Å². The van der Waals surface area contributed by atoms with Gasteiger partial charge in [0.05, 0.1) is 18.2 Å². The van der Waals surface area contributed by atoms with Gasteiger partial charge in [-0.15, -0.1) is 0 Å². The van der Waals surface area contributed by atoms with E-state index in [1.807, 2.05) is 12.1 Å². The number of hydrogen-bond donors (Lipinski definition) is 0. The predicted molar refractivity (Wildman–Crippen MR) is 93.9 cm³/mol. The molecule has 7 heteroatoms. The molecule has 132 valence electrons. The summed E-state index contributed by atoms with van der Waals surface area (Å²) in [5, 5.41) is 4.51. The Hall–Kier alpha value is -3.12. The normalized spacial score (nSPS) is 10.4. The molecule has 0 N–H and O–H groups in total. The Morgan fingerprint density at radius 2 is 1.62 bits per heavy atom. The third kappa shape index (κ3) is 4.10. The molecule has 0 saturated heterocycles. The van der Waals surface area contributed by atoms with Gasteiger partial charge < -0.3 is 14.0 Å². The summed E-state index contributed by atoms with van der Waals surface area (Å²) in [7, 11) is 1.29. The topological polar surface area (TPSA) is 78.6 Å². The third-order valence-electron chi connectivity index (χ3n) is 3.58. The Morgan fingerprint density at radius 1 is 1.00 bits per heavy atom. The Labute approximate surface area is 154 Å². The summed E-state index contributed by atoms with van der Waals surface area (Å²) in [5.74, 6) is -0.449. The summed E-state index contributed by atoms with van der Waals surface area (Å²) >= 11 is 5.85. The molecule has 0 radical (unpaired) electrons. The smallest absolute Gasteiger partial charge is 0.338 e. The number of rotatable bonds is 5. The Bertz CT molecular complexity index is 916.